The van der Waals surface area contributed by atoms with Crippen LogP contribution in [-0.4, -0.2) is 16.2 Å². The molecule has 1 heterocycles. The molecule has 3 rings (SSSR count). The van der Waals surface area contributed by atoms with Crippen LogP contribution in [0.2, 0.25) is 0 Å². The summed E-state index contributed by atoms with van der Waals surface area (Å²) in [5.74, 6) is 0.230. The second kappa shape index (κ2) is 4.46. The lowest BCUT2D eigenvalue weighted by Gasteiger charge is -2.27. The van der Waals surface area contributed by atoms with Crippen LogP contribution < -0.4 is 0 Å². The van der Waals surface area contributed by atoms with Gasteiger partial charge in [0.25, 0.3) is 0 Å². The average molecular weight is 227 g/mol. The van der Waals surface area contributed by atoms with Gasteiger partial charge in [0.05, 0.1) is 11.6 Å². The molecule has 0 amide bonds. The fourth-order valence-corrected chi connectivity index (χ4v) is 2.74. The summed E-state index contributed by atoms with van der Waals surface area (Å²) in [7, 11) is 0. The summed E-state index contributed by atoms with van der Waals surface area (Å²) in [6.45, 7) is 0. The molecule has 2 aromatic rings. The van der Waals surface area contributed by atoms with Gasteiger partial charge in [0.15, 0.2) is 0 Å². The summed E-state index contributed by atoms with van der Waals surface area (Å²) in [5, 5.41) is 11.2. The zero-order valence-corrected chi connectivity index (χ0v) is 9.84. The van der Waals surface area contributed by atoms with Gasteiger partial charge in [0.1, 0.15) is 0 Å². The predicted molar refractivity (Wildman–Crippen MR) is 69.0 cm³/mol. The molecule has 1 aliphatic carbocycles. The summed E-state index contributed by atoms with van der Waals surface area (Å²) in [4.78, 5) is 4.69. The number of aliphatic hydroxyl groups is 1. The third-order valence-electron chi connectivity index (χ3n) is 3.73. The molecule has 1 fully saturated rings. The van der Waals surface area contributed by atoms with Crippen LogP contribution in [0.1, 0.15) is 37.3 Å². The van der Waals surface area contributed by atoms with Gasteiger partial charge in [-0.05, 0) is 25.0 Å². The summed E-state index contributed by atoms with van der Waals surface area (Å²) < 4.78 is 0. The first-order valence-electron chi connectivity index (χ1n) is 6.38. The first-order chi connectivity index (χ1) is 8.34. The van der Waals surface area contributed by atoms with Crippen LogP contribution in [0.25, 0.3) is 10.9 Å². The van der Waals surface area contributed by atoms with Gasteiger partial charge in [-0.3, -0.25) is 4.98 Å². The van der Waals surface area contributed by atoms with Gasteiger partial charge in [0, 0.05) is 17.0 Å². The molecule has 2 heteroatoms. The number of rotatable bonds is 1. The van der Waals surface area contributed by atoms with E-state index in [1.165, 1.54) is 11.8 Å². The zero-order chi connectivity index (χ0) is 11.7. The topological polar surface area (TPSA) is 33.1 Å². The Hall–Kier alpha value is -1.41. The molecule has 2 nitrogen and oxygen atoms in total. The highest BCUT2D eigenvalue weighted by atomic mass is 16.3. The van der Waals surface area contributed by atoms with Crippen molar-refractivity contribution in [1.29, 1.82) is 0 Å². The molecule has 88 valence electrons. The van der Waals surface area contributed by atoms with Crippen molar-refractivity contribution in [3.8, 4) is 0 Å². The molecular formula is C15H17NO. The van der Waals surface area contributed by atoms with E-state index in [1.54, 1.807) is 0 Å². The second-order valence-electron chi connectivity index (χ2n) is 4.89. The van der Waals surface area contributed by atoms with E-state index in [0.717, 1.165) is 30.5 Å². The molecule has 1 N–H and O–H groups in total. The van der Waals surface area contributed by atoms with E-state index in [4.69, 9.17) is 0 Å². The number of pyridine rings is 1. The van der Waals surface area contributed by atoms with Crippen molar-refractivity contribution >= 4 is 10.9 Å². The van der Waals surface area contributed by atoms with Crippen LogP contribution in [0.15, 0.2) is 36.4 Å². The lowest BCUT2D eigenvalue weighted by atomic mass is 9.84. The third-order valence-corrected chi connectivity index (χ3v) is 3.73. The Balaban J connectivity index is 1.99. The lowest BCUT2D eigenvalue weighted by Crippen LogP contribution is -2.23. The van der Waals surface area contributed by atoms with Gasteiger partial charge in [0.2, 0.25) is 0 Å². The normalized spacial score (nSPS) is 25.0. The molecular weight excluding hydrogens is 210 g/mol. The van der Waals surface area contributed by atoms with Crippen LogP contribution in [-0.2, 0) is 0 Å². The maximum Gasteiger partial charge on any atom is 0.0705 e. The molecule has 1 aliphatic rings. The summed E-state index contributed by atoms with van der Waals surface area (Å²) >= 11 is 0. The monoisotopic (exact) mass is 227 g/mol. The Bertz CT molecular complexity index is 523. The van der Waals surface area contributed by atoms with Crippen molar-refractivity contribution in [3.63, 3.8) is 0 Å². The van der Waals surface area contributed by atoms with Crippen LogP contribution in [0, 0.1) is 0 Å². The highest BCUT2D eigenvalue weighted by Crippen LogP contribution is 2.32. The number of para-hydroxylation sites is 1. The minimum absolute atomic E-state index is 0.211. The second-order valence-corrected chi connectivity index (χ2v) is 4.89. The van der Waals surface area contributed by atoms with Crippen molar-refractivity contribution in [2.75, 3.05) is 0 Å². The summed E-state index contributed by atoms with van der Waals surface area (Å²) in [6.07, 6.45) is 4.12. The quantitative estimate of drug-likeness (QED) is 0.811. The van der Waals surface area contributed by atoms with Crippen molar-refractivity contribution < 1.29 is 5.11 Å². The molecule has 1 saturated carbocycles. The first kappa shape index (κ1) is 10.7. The number of fused-ring (bicyclic) bond motifs is 1. The highest BCUT2D eigenvalue weighted by Gasteiger charge is 2.25. The minimum atomic E-state index is -0.211. The summed E-state index contributed by atoms with van der Waals surface area (Å²) in [5.41, 5.74) is 2.08. The lowest BCUT2D eigenvalue weighted by molar-refractivity contribution is 0.104. The molecule has 0 radical (unpaired) electrons. The Morgan fingerprint density at radius 3 is 2.71 bits per heavy atom. The number of nitrogens with zero attached hydrogens (tertiary/aromatic N) is 1. The fraction of sp³-hybridized carbons (Fsp3) is 0.400. The Morgan fingerprint density at radius 1 is 1.00 bits per heavy atom. The van der Waals surface area contributed by atoms with Gasteiger partial charge in [-0.2, -0.15) is 0 Å². The van der Waals surface area contributed by atoms with E-state index in [9.17, 15) is 5.11 Å². The van der Waals surface area contributed by atoms with Crippen molar-refractivity contribution in [3.05, 3.63) is 42.1 Å². The maximum absolute atomic E-state index is 10.1. The van der Waals surface area contributed by atoms with E-state index in [2.05, 4.69) is 23.2 Å². The Kier molecular flexibility index (Phi) is 2.81. The van der Waals surface area contributed by atoms with Gasteiger partial charge < -0.3 is 5.11 Å². The summed E-state index contributed by atoms with van der Waals surface area (Å²) in [6, 6.07) is 12.3. The van der Waals surface area contributed by atoms with E-state index in [0.29, 0.717) is 0 Å². The van der Waals surface area contributed by atoms with E-state index in [-0.39, 0.29) is 12.0 Å². The third kappa shape index (κ3) is 2.05. The molecule has 2 atom stereocenters. The number of aromatic nitrogens is 1. The van der Waals surface area contributed by atoms with Crippen LogP contribution in [0.4, 0.5) is 0 Å². The van der Waals surface area contributed by atoms with Gasteiger partial charge in [-0.1, -0.05) is 37.1 Å². The molecule has 17 heavy (non-hydrogen) atoms. The average Bonchev–Trinajstić information content (AvgIpc) is 2.39. The van der Waals surface area contributed by atoms with Gasteiger partial charge in [-0.15, -0.1) is 0 Å². The van der Waals surface area contributed by atoms with Crippen molar-refractivity contribution in [2.24, 2.45) is 0 Å². The molecule has 1 aromatic carbocycles. The van der Waals surface area contributed by atoms with Crippen LogP contribution in [0.3, 0.4) is 0 Å². The van der Waals surface area contributed by atoms with Crippen molar-refractivity contribution in [2.45, 2.75) is 37.7 Å². The molecule has 0 saturated heterocycles. The largest absolute Gasteiger partial charge is 0.392 e. The number of benzene rings is 1. The molecule has 0 spiro atoms. The predicted octanol–water partition coefficient (Wildman–Crippen LogP) is 3.25. The molecule has 0 aliphatic heterocycles. The smallest absolute Gasteiger partial charge is 0.0705 e. The first-order valence-corrected chi connectivity index (χ1v) is 6.38. The Labute approximate surface area is 101 Å². The van der Waals surface area contributed by atoms with Crippen LogP contribution >= 0.6 is 0 Å². The minimum Gasteiger partial charge on any atom is -0.392 e. The SMILES string of the molecule is O[C@@H]1CCCC[C@H]1c1ccc2ccccc2n1. The fourth-order valence-electron chi connectivity index (χ4n) is 2.74. The van der Waals surface area contributed by atoms with E-state index < -0.39 is 0 Å². The Morgan fingerprint density at radius 2 is 1.82 bits per heavy atom. The standard InChI is InChI=1S/C15H17NO/c17-15-8-4-2-6-12(15)14-10-9-11-5-1-3-7-13(11)16-14/h1,3,5,7,9-10,12,15,17H,2,4,6,8H2/t12-,15+/m0/s1. The molecule has 0 bridgehead atoms. The number of hydrogen-bond donors (Lipinski definition) is 1. The number of aliphatic hydroxyl groups excluding tert-OH is 1. The highest BCUT2D eigenvalue weighted by molar-refractivity contribution is 5.78. The molecule has 0 unspecified atom stereocenters. The number of hydrogen-bond acceptors (Lipinski definition) is 2. The van der Waals surface area contributed by atoms with Crippen LogP contribution in [0.5, 0.6) is 0 Å². The molecule has 1 aromatic heterocycles. The van der Waals surface area contributed by atoms with Crippen molar-refractivity contribution in [1.82, 2.24) is 4.98 Å². The maximum atomic E-state index is 10.1. The van der Waals surface area contributed by atoms with Gasteiger partial charge in [-0.25, -0.2) is 0 Å². The van der Waals surface area contributed by atoms with E-state index in [1.807, 2.05) is 18.2 Å². The van der Waals surface area contributed by atoms with E-state index >= 15 is 0 Å². The van der Waals surface area contributed by atoms with Gasteiger partial charge >= 0.3 is 0 Å². The zero-order valence-electron chi connectivity index (χ0n) is 9.84.